The fraction of sp³-hybridized carbons (Fsp3) is 0.833. The second-order valence-corrected chi connectivity index (χ2v) is 1.92. The quantitative estimate of drug-likeness (QED) is 0.504. The Kier molecular flexibility index (Phi) is 10.2. The van der Waals surface area contributed by atoms with E-state index in [-0.39, 0.29) is 0 Å². The van der Waals surface area contributed by atoms with Crippen LogP contribution in [0.3, 0.4) is 0 Å². The Morgan fingerprint density at radius 1 is 1.70 bits per heavy atom. The van der Waals surface area contributed by atoms with E-state index in [4.69, 9.17) is 16.6 Å². The van der Waals surface area contributed by atoms with Crippen LogP contribution in [-0.2, 0) is 4.79 Å². The van der Waals surface area contributed by atoms with Crippen LogP contribution in [0.5, 0.6) is 0 Å². The van der Waals surface area contributed by atoms with Gasteiger partial charge in [0.15, 0.2) is 0 Å². The van der Waals surface area contributed by atoms with Crippen LogP contribution in [0.4, 0.5) is 0 Å². The summed E-state index contributed by atoms with van der Waals surface area (Å²) < 4.78 is 0. The highest BCUT2D eigenvalue weighted by Gasteiger charge is 1.99. The molecule has 0 aromatic rings. The molecule has 0 aliphatic heterocycles. The highest BCUT2D eigenvalue weighted by Crippen LogP contribution is 1.68. The van der Waals surface area contributed by atoms with Crippen LogP contribution < -0.4 is 11.5 Å². The van der Waals surface area contributed by atoms with Gasteiger partial charge < -0.3 is 16.6 Å². The first kappa shape index (κ1) is 12.1. The summed E-state index contributed by atoms with van der Waals surface area (Å²) in [6, 6.07) is -0.731. The fourth-order valence-corrected chi connectivity index (χ4v) is 0. The molecule has 1 atom stereocenters. The monoisotopic (exact) mass is 148 g/mol. The van der Waals surface area contributed by atoms with Crippen molar-refractivity contribution < 1.29 is 9.90 Å². The van der Waals surface area contributed by atoms with Gasteiger partial charge in [0.25, 0.3) is 0 Å². The maximum absolute atomic E-state index is 9.57. The lowest BCUT2D eigenvalue weighted by atomic mass is 10.4. The molecule has 4 heteroatoms. The molecule has 0 radical (unpaired) electrons. The minimum Gasteiger partial charge on any atom is -0.480 e. The maximum atomic E-state index is 9.57. The van der Waals surface area contributed by atoms with Gasteiger partial charge in [-0.25, -0.2) is 0 Å². The fourth-order valence-electron chi connectivity index (χ4n) is 0. The van der Waals surface area contributed by atoms with Crippen LogP contribution >= 0.6 is 0 Å². The van der Waals surface area contributed by atoms with Crippen molar-refractivity contribution in [1.29, 1.82) is 0 Å². The normalized spacial score (nSPS) is 11.2. The van der Waals surface area contributed by atoms with Gasteiger partial charge in [0, 0.05) is 0 Å². The molecular formula is C6H16N2O2. The minimum absolute atomic E-state index is 0.731. The Morgan fingerprint density at radius 2 is 1.90 bits per heavy atom. The molecule has 0 aromatic carbocycles. The molecule has 0 aromatic heterocycles. The van der Waals surface area contributed by atoms with Crippen molar-refractivity contribution in [3.05, 3.63) is 0 Å². The zero-order valence-electron chi connectivity index (χ0n) is 6.50. The number of carboxylic acids is 1. The van der Waals surface area contributed by atoms with Gasteiger partial charge in [-0.05, 0) is 19.9 Å². The van der Waals surface area contributed by atoms with Gasteiger partial charge in [-0.1, -0.05) is 6.92 Å². The van der Waals surface area contributed by atoms with E-state index in [2.05, 4.69) is 6.92 Å². The number of nitrogens with two attached hydrogens (primary N) is 2. The molecule has 0 rings (SSSR count). The van der Waals surface area contributed by atoms with Gasteiger partial charge in [0.2, 0.25) is 0 Å². The van der Waals surface area contributed by atoms with E-state index >= 15 is 0 Å². The third kappa shape index (κ3) is 15.7. The molecule has 62 valence electrons. The summed E-state index contributed by atoms with van der Waals surface area (Å²) in [5.41, 5.74) is 9.86. The number of carbonyl (C=O) groups is 1. The van der Waals surface area contributed by atoms with Crippen LogP contribution in [0.15, 0.2) is 0 Å². The number of carboxylic acid groups (broad SMARTS) is 1. The summed E-state index contributed by atoms with van der Waals surface area (Å²) >= 11 is 0. The van der Waals surface area contributed by atoms with Gasteiger partial charge in [-0.3, -0.25) is 4.79 Å². The summed E-state index contributed by atoms with van der Waals surface area (Å²) in [5.74, 6) is -0.963. The topological polar surface area (TPSA) is 89.3 Å². The Bertz CT molecular complexity index is 81.8. The van der Waals surface area contributed by atoms with Crippen LogP contribution in [0.1, 0.15) is 20.3 Å². The molecule has 0 amide bonds. The maximum Gasteiger partial charge on any atom is 0.320 e. The molecule has 0 bridgehead atoms. The van der Waals surface area contributed by atoms with Gasteiger partial charge >= 0.3 is 5.97 Å². The number of hydrogen-bond acceptors (Lipinski definition) is 3. The Hall–Kier alpha value is -0.610. The molecule has 0 aliphatic rings. The van der Waals surface area contributed by atoms with Crippen molar-refractivity contribution in [2.75, 3.05) is 6.54 Å². The Labute approximate surface area is 61.2 Å². The zero-order chi connectivity index (χ0) is 8.57. The van der Waals surface area contributed by atoms with Gasteiger partial charge in [-0.2, -0.15) is 0 Å². The van der Waals surface area contributed by atoms with E-state index < -0.39 is 12.0 Å². The summed E-state index contributed by atoms with van der Waals surface area (Å²) in [6.45, 7) is 4.29. The number of aliphatic carboxylic acids is 1. The summed E-state index contributed by atoms with van der Waals surface area (Å²) in [4.78, 5) is 9.57. The molecule has 0 saturated heterocycles. The summed E-state index contributed by atoms with van der Waals surface area (Å²) in [7, 11) is 0. The van der Waals surface area contributed by atoms with Gasteiger partial charge in [0.05, 0.1) is 0 Å². The van der Waals surface area contributed by atoms with E-state index in [0.29, 0.717) is 0 Å². The van der Waals surface area contributed by atoms with Crippen molar-refractivity contribution in [3.8, 4) is 0 Å². The third-order valence-electron chi connectivity index (χ3n) is 0.678. The van der Waals surface area contributed by atoms with Crippen molar-refractivity contribution in [1.82, 2.24) is 0 Å². The SMILES string of the molecule is CCCN.C[C@H](N)C(=O)O. The predicted octanol–water partition coefficient (Wildman–Crippen LogP) is -0.227. The van der Waals surface area contributed by atoms with E-state index in [1.165, 1.54) is 6.92 Å². The summed E-state index contributed by atoms with van der Waals surface area (Å²) in [5, 5.41) is 7.87. The lowest BCUT2D eigenvalue weighted by Gasteiger charge is -1.90. The van der Waals surface area contributed by atoms with Crippen LogP contribution in [0, 0.1) is 0 Å². The molecule has 10 heavy (non-hydrogen) atoms. The predicted molar refractivity (Wildman–Crippen MR) is 40.6 cm³/mol. The zero-order valence-corrected chi connectivity index (χ0v) is 6.50. The van der Waals surface area contributed by atoms with E-state index in [1.807, 2.05) is 0 Å². The lowest BCUT2D eigenvalue weighted by molar-refractivity contribution is -0.138. The summed E-state index contributed by atoms with van der Waals surface area (Å²) in [6.07, 6.45) is 1.10. The first-order valence-corrected chi connectivity index (χ1v) is 3.24. The molecule has 0 fully saturated rings. The highest BCUT2D eigenvalue weighted by molar-refractivity contribution is 5.72. The van der Waals surface area contributed by atoms with Crippen LogP contribution in [0.25, 0.3) is 0 Å². The largest absolute Gasteiger partial charge is 0.480 e. The van der Waals surface area contributed by atoms with E-state index in [9.17, 15) is 4.79 Å². The standard InChI is InChI=1S/C3H7NO2.C3H9N/c1-2(4)3(5)6;1-2-3-4/h2H,4H2,1H3,(H,5,6);2-4H2,1H3/t2-;/m0./s1. The van der Waals surface area contributed by atoms with Crippen LogP contribution in [0.2, 0.25) is 0 Å². The van der Waals surface area contributed by atoms with Gasteiger partial charge in [0.1, 0.15) is 6.04 Å². The van der Waals surface area contributed by atoms with Crippen molar-refractivity contribution in [2.45, 2.75) is 26.3 Å². The van der Waals surface area contributed by atoms with E-state index in [1.54, 1.807) is 0 Å². The first-order valence-electron chi connectivity index (χ1n) is 3.24. The molecule has 4 nitrogen and oxygen atoms in total. The Balaban J connectivity index is 0. The highest BCUT2D eigenvalue weighted by atomic mass is 16.4. The molecule has 0 aliphatic carbocycles. The van der Waals surface area contributed by atoms with Gasteiger partial charge in [-0.15, -0.1) is 0 Å². The second kappa shape index (κ2) is 8.39. The smallest absolute Gasteiger partial charge is 0.320 e. The first-order chi connectivity index (χ1) is 4.56. The molecular weight excluding hydrogens is 132 g/mol. The number of rotatable bonds is 2. The van der Waals surface area contributed by atoms with Crippen molar-refractivity contribution >= 4 is 5.97 Å². The molecule has 0 unspecified atom stereocenters. The lowest BCUT2D eigenvalue weighted by Crippen LogP contribution is -2.25. The minimum atomic E-state index is -0.963. The molecule has 0 saturated carbocycles. The van der Waals surface area contributed by atoms with Crippen molar-refractivity contribution in [3.63, 3.8) is 0 Å². The molecule has 0 heterocycles. The average Bonchev–Trinajstić information content (AvgIpc) is 1.89. The molecule has 0 spiro atoms. The Morgan fingerprint density at radius 3 is 1.90 bits per heavy atom. The third-order valence-corrected chi connectivity index (χ3v) is 0.678. The van der Waals surface area contributed by atoms with Crippen molar-refractivity contribution in [2.24, 2.45) is 11.5 Å². The molecule has 5 N–H and O–H groups in total. The van der Waals surface area contributed by atoms with Crippen LogP contribution in [-0.4, -0.2) is 23.7 Å². The second-order valence-electron chi connectivity index (χ2n) is 1.92. The number of hydrogen-bond donors (Lipinski definition) is 3. The van der Waals surface area contributed by atoms with E-state index in [0.717, 1.165) is 13.0 Å². The average molecular weight is 148 g/mol.